The van der Waals surface area contributed by atoms with Crippen molar-refractivity contribution in [1.82, 2.24) is 4.31 Å². The number of sulfonamides is 1. The Balaban J connectivity index is 2.42. The second-order valence-electron chi connectivity index (χ2n) is 5.35. The number of rotatable bonds is 4. The van der Waals surface area contributed by atoms with Gasteiger partial charge in [0.25, 0.3) is 0 Å². The Kier molecular flexibility index (Phi) is 4.07. The molecule has 1 saturated heterocycles. The van der Waals surface area contributed by atoms with Crippen molar-refractivity contribution in [3.8, 4) is 0 Å². The van der Waals surface area contributed by atoms with Gasteiger partial charge in [0.05, 0.1) is 10.5 Å². The summed E-state index contributed by atoms with van der Waals surface area (Å²) >= 11 is 0. The van der Waals surface area contributed by atoms with Crippen molar-refractivity contribution in [2.24, 2.45) is 5.73 Å². The molecule has 0 unspecified atom stereocenters. The summed E-state index contributed by atoms with van der Waals surface area (Å²) in [4.78, 5) is 11.3. The average molecular weight is 314 g/mol. The van der Waals surface area contributed by atoms with Gasteiger partial charge in [-0.2, -0.15) is 4.31 Å². The SMILES string of the molecule is Cc1ccc(S(=O)(=O)N2C[C@](O)(CN)C[C@H]2C(=O)O)cc1. The van der Waals surface area contributed by atoms with Gasteiger partial charge < -0.3 is 15.9 Å². The van der Waals surface area contributed by atoms with E-state index in [2.05, 4.69) is 0 Å². The monoisotopic (exact) mass is 314 g/mol. The van der Waals surface area contributed by atoms with E-state index in [-0.39, 0.29) is 24.4 Å². The van der Waals surface area contributed by atoms with Gasteiger partial charge in [-0.05, 0) is 19.1 Å². The van der Waals surface area contributed by atoms with Crippen molar-refractivity contribution in [2.45, 2.75) is 29.9 Å². The summed E-state index contributed by atoms with van der Waals surface area (Å²) in [5.41, 5.74) is 4.81. The number of carbonyl (C=O) groups is 1. The van der Waals surface area contributed by atoms with E-state index in [9.17, 15) is 23.4 Å². The average Bonchev–Trinajstić information content (AvgIpc) is 2.79. The molecule has 4 N–H and O–H groups in total. The van der Waals surface area contributed by atoms with Crippen LogP contribution in [-0.2, 0) is 14.8 Å². The molecule has 116 valence electrons. The lowest BCUT2D eigenvalue weighted by Crippen LogP contribution is -2.43. The number of hydrogen-bond acceptors (Lipinski definition) is 5. The van der Waals surface area contributed by atoms with Crippen LogP contribution in [0.1, 0.15) is 12.0 Å². The van der Waals surface area contributed by atoms with Crippen molar-refractivity contribution in [3.63, 3.8) is 0 Å². The predicted octanol–water partition coefficient (Wildman–Crippen LogP) is -0.468. The third-order valence-corrected chi connectivity index (χ3v) is 5.53. The molecule has 7 nitrogen and oxygen atoms in total. The number of aryl methyl sites for hydroxylation is 1. The molecule has 0 radical (unpaired) electrons. The Labute approximate surface area is 123 Å². The van der Waals surface area contributed by atoms with Crippen LogP contribution in [0.3, 0.4) is 0 Å². The van der Waals surface area contributed by atoms with Crippen molar-refractivity contribution < 1.29 is 23.4 Å². The first kappa shape index (κ1) is 15.9. The van der Waals surface area contributed by atoms with Crippen molar-refractivity contribution >= 4 is 16.0 Å². The molecule has 1 fully saturated rings. The lowest BCUT2D eigenvalue weighted by Gasteiger charge is -2.22. The van der Waals surface area contributed by atoms with E-state index in [1.165, 1.54) is 12.1 Å². The molecule has 2 rings (SSSR count). The maximum atomic E-state index is 12.6. The van der Waals surface area contributed by atoms with Crippen LogP contribution in [-0.4, -0.2) is 53.6 Å². The van der Waals surface area contributed by atoms with E-state index < -0.39 is 27.6 Å². The van der Waals surface area contributed by atoms with Gasteiger partial charge in [-0.1, -0.05) is 17.7 Å². The highest BCUT2D eigenvalue weighted by molar-refractivity contribution is 7.89. The lowest BCUT2D eigenvalue weighted by atomic mass is 10.0. The molecule has 1 heterocycles. The quantitative estimate of drug-likeness (QED) is 0.691. The van der Waals surface area contributed by atoms with E-state index in [1.807, 2.05) is 6.92 Å². The van der Waals surface area contributed by atoms with E-state index in [0.717, 1.165) is 9.87 Å². The number of aliphatic carboxylic acids is 1. The summed E-state index contributed by atoms with van der Waals surface area (Å²) in [6.45, 7) is 1.30. The smallest absolute Gasteiger partial charge is 0.322 e. The zero-order chi connectivity index (χ0) is 15.8. The molecular formula is C13H18N2O5S. The van der Waals surface area contributed by atoms with Crippen LogP contribution in [0.2, 0.25) is 0 Å². The number of carboxylic acids is 1. The Morgan fingerprint density at radius 2 is 2.00 bits per heavy atom. The summed E-state index contributed by atoms with van der Waals surface area (Å²) < 4.78 is 26.0. The van der Waals surface area contributed by atoms with Crippen LogP contribution in [0.5, 0.6) is 0 Å². The summed E-state index contributed by atoms with van der Waals surface area (Å²) in [7, 11) is -3.99. The molecule has 0 aliphatic carbocycles. The van der Waals surface area contributed by atoms with Crippen LogP contribution in [0, 0.1) is 6.92 Å². The Morgan fingerprint density at radius 1 is 1.43 bits per heavy atom. The van der Waals surface area contributed by atoms with Crippen molar-refractivity contribution in [2.75, 3.05) is 13.1 Å². The highest BCUT2D eigenvalue weighted by atomic mass is 32.2. The minimum Gasteiger partial charge on any atom is -0.480 e. The summed E-state index contributed by atoms with van der Waals surface area (Å²) in [6.07, 6.45) is -0.218. The summed E-state index contributed by atoms with van der Waals surface area (Å²) in [5, 5.41) is 19.4. The molecule has 21 heavy (non-hydrogen) atoms. The van der Waals surface area contributed by atoms with Crippen LogP contribution in [0.25, 0.3) is 0 Å². The van der Waals surface area contributed by atoms with Gasteiger partial charge in [0.2, 0.25) is 10.0 Å². The van der Waals surface area contributed by atoms with Crippen LogP contribution in [0.15, 0.2) is 29.2 Å². The first-order valence-electron chi connectivity index (χ1n) is 6.43. The highest BCUT2D eigenvalue weighted by Crippen LogP contribution is 2.32. The molecule has 1 aromatic rings. The van der Waals surface area contributed by atoms with E-state index in [1.54, 1.807) is 12.1 Å². The molecule has 0 aromatic heterocycles. The molecule has 1 aromatic carbocycles. The van der Waals surface area contributed by atoms with Gasteiger partial charge in [-0.15, -0.1) is 0 Å². The zero-order valence-electron chi connectivity index (χ0n) is 11.6. The number of carboxylic acid groups (broad SMARTS) is 1. The molecule has 0 bridgehead atoms. The van der Waals surface area contributed by atoms with Crippen LogP contribution in [0.4, 0.5) is 0 Å². The van der Waals surface area contributed by atoms with E-state index >= 15 is 0 Å². The summed E-state index contributed by atoms with van der Waals surface area (Å²) in [5.74, 6) is -1.30. The fraction of sp³-hybridized carbons (Fsp3) is 0.462. The maximum Gasteiger partial charge on any atom is 0.322 e. The summed E-state index contributed by atoms with van der Waals surface area (Å²) in [6, 6.07) is 4.79. The number of benzene rings is 1. The fourth-order valence-electron chi connectivity index (χ4n) is 2.38. The second kappa shape index (κ2) is 5.38. The number of nitrogens with two attached hydrogens (primary N) is 1. The van der Waals surface area contributed by atoms with Gasteiger partial charge in [-0.25, -0.2) is 8.42 Å². The topological polar surface area (TPSA) is 121 Å². The third-order valence-electron chi connectivity index (χ3n) is 3.66. The van der Waals surface area contributed by atoms with Crippen molar-refractivity contribution in [3.05, 3.63) is 29.8 Å². The van der Waals surface area contributed by atoms with E-state index in [4.69, 9.17) is 5.73 Å². The van der Waals surface area contributed by atoms with Gasteiger partial charge in [-0.3, -0.25) is 4.79 Å². The van der Waals surface area contributed by atoms with Gasteiger partial charge >= 0.3 is 5.97 Å². The van der Waals surface area contributed by atoms with Crippen LogP contribution < -0.4 is 5.73 Å². The number of aliphatic hydroxyl groups is 1. The molecule has 0 amide bonds. The van der Waals surface area contributed by atoms with Gasteiger partial charge in [0, 0.05) is 19.5 Å². The van der Waals surface area contributed by atoms with Crippen LogP contribution >= 0.6 is 0 Å². The maximum absolute atomic E-state index is 12.6. The Morgan fingerprint density at radius 3 is 2.48 bits per heavy atom. The lowest BCUT2D eigenvalue weighted by molar-refractivity contribution is -0.140. The molecule has 1 aliphatic heterocycles. The Bertz CT molecular complexity index is 643. The standard InChI is InChI=1S/C13H18N2O5S/c1-9-2-4-10(5-3-9)21(19,20)15-8-13(18,7-14)6-11(15)12(16)17/h2-5,11,18H,6-8,14H2,1H3,(H,16,17)/t11-,13+/m0/s1. The number of hydrogen-bond donors (Lipinski definition) is 3. The molecule has 2 atom stereocenters. The highest BCUT2D eigenvalue weighted by Gasteiger charge is 2.50. The minimum absolute atomic E-state index is 0.000575. The fourth-order valence-corrected chi connectivity index (χ4v) is 4.04. The van der Waals surface area contributed by atoms with Gasteiger partial charge in [0.1, 0.15) is 6.04 Å². The zero-order valence-corrected chi connectivity index (χ0v) is 12.4. The number of nitrogens with zero attached hydrogens (tertiary/aromatic N) is 1. The molecular weight excluding hydrogens is 296 g/mol. The van der Waals surface area contributed by atoms with Gasteiger partial charge in [0.15, 0.2) is 0 Å². The molecule has 1 aliphatic rings. The minimum atomic E-state index is -3.99. The first-order chi connectivity index (χ1) is 9.69. The first-order valence-corrected chi connectivity index (χ1v) is 7.87. The largest absolute Gasteiger partial charge is 0.480 e. The second-order valence-corrected chi connectivity index (χ2v) is 7.24. The molecule has 8 heteroatoms. The third kappa shape index (κ3) is 2.93. The molecule has 0 saturated carbocycles. The van der Waals surface area contributed by atoms with E-state index in [0.29, 0.717) is 0 Å². The Hall–Kier alpha value is -1.48. The van der Waals surface area contributed by atoms with Crippen molar-refractivity contribution in [1.29, 1.82) is 0 Å². The predicted molar refractivity (Wildman–Crippen MR) is 75.1 cm³/mol. The normalized spacial score (nSPS) is 26.9. The molecule has 0 spiro atoms. The number of β-amino-alcohol motifs (C(OH)–C–C–N with tert-alkyl or cyclic N) is 1.